The van der Waals surface area contributed by atoms with Crippen molar-refractivity contribution in [2.75, 3.05) is 20.2 Å². The number of guanidine groups is 1. The molecule has 1 aromatic heterocycles. The molecule has 2 aliphatic rings. The summed E-state index contributed by atoms with van der Waals surface area (Å²) in [5.41, 5.74) is 2.72. The number of pyridine rings is 1. The molecule has 0 bridgehead atoms. The Hall–Kier alpha value is -3.42. The van der Waals surface area contributed by atoms with Gasteiger partial charge >= 0.3 is 0 Å². The Balaban J connectivity index is 1.75. The van der Waals surface area contributed by atoms with Crippen LogP contribution in [0, 0.1) is 6.92 Å². The highest BCUT2D eigenvalue weighted by Gasteiger charge is 2.32. The molecular weight excluding hydrogens is 334 g/mol. The van der Waals surface area contributed by atoms with Crippen LogP contribution in [0.5, 0.6) is 11.5 Å². The third kappa shape index (κ3) is 2.55. The number of ether oxygens (including phenoxy) is 1. The Morgan fingerprint density at radius 2 is 2.19 bits per heavy atom. The predicted molar refractivity (Wildman–Crippen MR) is 96.3 cm³/mol. The fourth-order valence-corrected chi connectivity index (χ4v) is 3.09. The van der Waals surface area contributed by atoms with Crippen LogP contribution in [-0.2, 0) is 0 Å². The normalized spacial score (nSPS) is 14.9. The zero-order valence-electron chi connectivity index (χ0n) is 14.4. The third-order valence-corrected chi connectivity index (χ3v) is 4.30. The number of rotatable bonds is 2. The molecular formula is C18H17N5O3. The van der Waals surface area contributed by atoms with Gasteiger partial charge in [0, 0.05) is 18.3 Å². The van der Waals surface area contributed by atoms with E-state index < -0.39 is 5.91 Å². The van der Waals surface area contributed by atoms with E-state index >= 15 is 0 Å². The molecule has 0 fully saturated rings. The van der Waals surface area contributed by atoms with Crippen molar-refractivity contribution < 1.29 is 14.6 Å². The first-order valence-corrected chi connectivity index (χ1v) is 8.12. The molecule has 132 valence electrons. The second-order valence-corrected chi connectivity index (χ2v) is 5.99. The van der Waals surface area contributed by atoms with Gasteiger partial charge in [-0.1, -0.05) is 6.07 Å². The SMILES string of the molecule is COc1c(C)ccc2c1N=C(NC(=O)c1cncc(O)c1)N1CCN=C21. The van der Waals surface area contributed by atoms with E-state index in [0.29, 0.717) is 30.5 Å². The van der Waals surface area contributed by atoms with Crippen LogP contribution < -0.4 is 10.1 Å². The third-order valence-electron chi connectivity index (χ3n) is 4.30. The van der Waals surface area contributed by atoms with Crippen LogP contribution in [0.2, 0.25) is 0 Å². The molecule has 2 N–H and O–H groups in total. The number of hydrogen-bond donors (Lipinski definition) is 2. The van der Waals surface area contributed by atoms with Crippen LogP contribution in [0.1, 0.15) is 21.5 Å². The predicted octanol–water partition coefficient (Wildman–Crippen LogP) is 1.60. The average Bonchev–Trinajstić information content (AvgIpc) is 3.12. The summed E-state index contributed by atoms with van der Waals surface area (Å²) in [6.07, 6.45) is 2.65. The standard InChI is InChI=1S/C18H17N5O3/c1-10-3-4-13-14(15(10)26-2)21-18(23-6-5-20-16(13)23)22-17(25)11-7-12(24)9-19-8-11/h3-4,7-9,24H,5-6H2,1-2H3,(H,21,22,25). The smallest absolute Gasteiger partial charge is 0.259 e. The highest BCUT2D eigenvalue weighted by molar-refractivity contribution is 6.20. The van der Waals surface area contributed by atoms with Gasteiger partial charge in [-0.25, -0.2) is 4.99 Å². The second kappa shape index (κ2) is 6.14. The molecule has 0 unspecified atom stereocenters. The van der Waals surface area contributed by atoms with Gasteiger partial charge in [-0.3, -0.25) is 25.0 Å². The van der Waals surface area contributed by atoms with Crippen LogP contribution in [-0.4, -0.2) is 52.9 Å². The number of carbonyl (C=O) groups excluding carboxylic acids is 1. The minimum absolute atomic E-state index is 0.0747. The Kier molecular flexibility index (Phi) is 3.80. The van der Waals surface area contributed by atoms with E-state index in [4.69, 9.17) is 4.74 Å². The second-order valence-electron chi connectivity index (χ2n) is 5.99. The van der Waals surface area contributed by atoms with Crippen LogP contribution in [0.3, 0.4) is 0 Å². The lowest BCUT2D eigenvalue weighted by Gasteiger charge is -2.28. The molecule has 4 rings (SSSR count). The number of amides is 1. The van der Waals surface area contributed by atoms with Gasteiger partial charge < -0.3 is 9.84 Å². The van der Waals surface area contributed by atoms with E-state index in [1.54, 1.807) is 7.11 Å². The monoisotopic (exact) mass is 351 g/mol. The number of amidine groups is 1. The van der Waals surface area contributed by atoms with Gasteiger partial charge in [0.05, 0.1) is 25.4 Å². The number of benzene rings is 1. The number of methoxy groups -OCH3 is 1. The molecule has 2 aliphatic heterocycles. The summed E-state index contributed by atoms with van der Waals surface area (Å²) < 4.78 is 5.51. The van der Waals surface area contributed by atoms with E-state index in [9.17, 15) is 9.90 Å². The molecule has 0 saturated carbocycles. The fourth-order valence-electron chi connectivity index (χ4n) is 3.09. The molecule has 0 saturated heterocycles. The minimum atomic E-state index is -0.409. The molecule has 0 atom stereocenters. The van der Waals surface area contributed by atoms with E-state index in [1.165, 1.54) is 18.5 Å². The zero-order chi connectivity index (χ0) is 18.3. The number of hydrogen-bond acceptors (Lipinski definition) is 7. The number of aryl methyl sites for hydroxylation is 1. The van der Waals surface area contributed by atoms with Gasteiger partial charge in [-0.15, -0.1) is 0 Å². The van der Waals surface area contributed by atoms with Gasteiger partial charge in [-0.2, -0.15) is 0 Å². The van der Waals surface area contributed by atoms with Gasteiger partial charge in [0.1, 0.15) is 23.0 Å². The Bertz CT molecular complexity index is 967. The molecule has 8 nitrogen and oxygen atoms in total. The number of nitrogens with zero attached hydrogens (tertiary/aromatic N) is 4. The van der Waals surface area contributed by atoms with Gasteiger partial charge in [0.15, 0.2) is 0 Å². The van der Waals surface area contributed by atoms with Crippen molar-refractivity contribution in [1.82, 2.24) is 15.2 Å². The van der Waals surface area contributed by atoms with Crippen LogP contribution >= 0.6 is 0 Å². The van der Waals surface area contributed by atoms with E-state index in [0.717, 1.165) is 17.0 Å². The van der Waals surface area contributed by atoms with Gasteiger partial charge in [0.25, 0.3) is 5.91 Å². The quantitative estimate of drug-likeness (QED) is 0.856. The Morgan fingerprint density at radius 3 is 2.96 bits per heavy atom. The molecule has 1 amide bonds. The molecule has 2 aromatic rings. The lowest BCUT2D eigenvalue weighted by molar-refractivity contribution is 0.0973. The van der Waals surface area contributed by atoms with Crippen LogP contribution in [0.4, 0.5) is 5.69 Å². The summed E-state index contributed by atoms with van der Waals surface area (Å²) >= 11 is 0. The topological polar surface area (TPSA) is 99.4 Å². The molecule has 3 heterocycles. The van der Waals surface area contributed by atoms with Gasteiger partial charge in [0.2, 0.25) is 5.96 Å². The number of fused-ring (bicyclic) bond motifs is 3. The van der Waals surface area contributed by atoms with Crippen molar-refractivity contribution in [3.63, 3.8) is 0 Å². The van der Waals surface area contributed by atoms with Crippen molar-refractivity contribution in [2.45, 2.75) is 6.92 Å². The number of nitrogens with one attached hydrogen (secondary N) is 1. The van der Waals surface area contributed by atoms with E-state index in [2.05, 4.69) is 20.3 Å². The first-order chi connectivity index (χ1) is 12.6. The fraction of sp³-hybridized carbons (Fsp3) is 0.222. The van der Waals surface area contributed by atoms with Crippen molar-refractivity contribution >= 4 is 23.4 Å². The number of aliphatic imine (C=N–C) groups is 2. The molecule has 0 spiro atoms. The summed E-state index contributed by atoms with van der Waals surface area (Å²) in [6, 6.07) is 5.28. The van der Waals surface area contributed by atoms with Crippen LogP contribution in [0.15, 0.2) is 40.6 Å². The molecule has 26 heavy (non-hydrogen) atoms. The Labute approximate surface area is 149 Å². The summed E-state index contributed by atoms with van der Waals surface area (Å²) in [4.78, 5) is 27.4. The Morgan fingerprint density at radius 1 is 1.35 bits per heavy atom. The van der Waals surface area contributed by atoms with Crippen molar-refractivity contribution in [3.05, 3.63) is 47.3 Å². The molecule has 0 radical (unpaired) electrons. The molecule has 0 aliphatic carbocycles. The molecule has 8 heteroatoms. The lowest BCUT2D eigenvalue weighted by Crippen LogP contribution is -2.47. The minimum Gasteiger partial charge on any atom is -0.506 e. The maximum atomic E-state index is 12.5. The zero-order valence-corrected chi connectivity index (χ0v) is 14.4. The summed E-state index contributed by atoms with van der Waals surface area (Å²) in [5.74, 6) is 1.31. The van der Waals surface area contributed by atoms with Gasteiger partial charge in [-0.05, 0) is 24.6 Å². The lowest BCUT2D eigenvalue weighted by atomic mass is 10.1. The molecule has 1 aromatic carbocycles. The van der Waals surface area contributed by atoms with Crippen molar-refractivity contribution in [3.8, 4) is 11.5 Å². The maximum absolute atomic E-state index is 12.5. The highest BCUT2D eigenvalue weighted by Crippen LogP contribution is 2.38. The summed E-state index contributed by atoms with van der Waals surface area (Å²) in [5, 5.41) is 12.3. The largest absolute Gasteiger partial charge is 0.506 e. The first-order valence-electron chi connectivity index (χ1n) is 8.12. The average molecular weight is 351 g/mol. The van der Waals surface area contributed by atoms with Crippen molar-refractivity contribution in [1.29, 1.82) is 0 Å². The van der Waals surface area contributed by atoms with E-state index in [-0.39, 0.29) is 11.3 Å². The number of aromatic hydroxyl groups is 1. The summed E-state index contributed by atoms with van der Waals surface area (Å²) in [6.45, 7) is 3.18. The van der Waals surface area contributed by atoms with Crippen LogP contribution in [0.25, 0.3) is 0 Å². The maximum Gasteiger partial charge on any atom is 0.259 e. The number of aromatic nitrogens is 1. The van der Waals surface area contributed by atoms with Crippen molar-refractivity contribution in [2.24, 2.45) is 9.98 Å². The first kappa shape index (κ1) is 16.1. The number of carbonyl (C=O) groups is 1. The summed E-state index contributed by atoms with van der Waals surface area (Å²) in [7, 11) is 1.59. The highest BCUT2D eigenvalue weighted by atomic mass is 16.5. The van der Waals surface area contributed by atoms with E-state index in [1.807, 2.05) is 24.0 Å².